The first kappa shape index (κ1) is 12.0. The molecule has 18 heavy (non-hydrogen) atoms. The molecular weight excluding hydrogens is 236 g/mol. The van der Waals surface area contributed by atoms with E-state index in [-0.39, 0.29) is 0 Å². The van der Waals surface area contributed by atoms with E-state index in [1.807, 2.05) is 0 Å². The van der Waals surface area contributed by atoms with Crippen LogP contribution < -0.4 is 4.74 Å². The van der Waals surface area contributed by atoms with Crippen LogP contribution in [0.2, 0.25) is 0 Å². The van der Waals surface area contributed by atoms with Gasteiger partial charge in [-0.3, -0.25) is 0 Å². The lowest BCUT2D eigenvalue weighted by atomic mass is 10.2. The third kappa shape index (κ3) is 2.45. The number of carboxylic acid groups (broad SMARTS) is 1. The Kier molecular flexibility index (Phi) is 3.22. The van der Waals surface area contributed by atoms with Crippen LogP contribution in [0, 0.1) is 0 Å². The van der Waals surface area contributed by atoms with Crippen LogP contribution >= 0.6 is 0 Å². The standard InChI is InChI=1S/C11H12N4O3/c1-7(11(16)17)18-9-5-3-8(4-6-9)10-12-13-14-15(10)2/h3-7H,1-2H3,(H,16,17). The predicted octanol–water partition coefficient (Wildman–Crippen LogP) is 0.729. The lowest BCUT2D eigenvalue weighted by molar-refractivity contribution is -0.144. The van der Waals surface area contributed by atoms with Crippen molar-refractivity contribution in [3.8, 4) is 17.1 Å². The van der Waals surface area contributed by atoms with Crippen LogP contribution in [-0.2, 0) is 11.8 Å². The summed E-state index contributed by atoms with van der Waals surface area (Å²) in [5.41, 5.74) is 0.831. The molecule has 1 N–H and O–H groups in total. The molecule has 2 rings (SSSR count). The van der Waals surface area contributed by atoms with E-state index in [0.29, 0.717) is 11.6 Å². The fourth-order valence-corrected chi connectivity index (χ4v) is 1.41. The zero-order chi connectivity index (χ0) is 13.1. The number of rotatable bonds is 4. The highest BCUT2D eigenvalue weighted by atomic mass is 16.5. The summed E-state index contributed by atoms with van der Waals surface area (Å²) in [6.07, 6.45) is -0.882. The van der Waals surface area contributed by atoms with Crippen molar-refractivity contribution in [3.05, 3.63) is 24.3 Å². The molecule has 0 aliphatic rings. The number of tetrazole rings is 1. The maximum absolute atomic E-state index is 10.6. The molecule has 1 aromatic carbocycles. The number of aryl methyl sites for hydroxylation is 1. The van der Waals surface area contributed by atoms with E-state index >= 15 is 0 Å². The summed E-state index contributed by atoms with van der Waals surface area (Å²) in [6.45, 7) is 1.48. The molecule has 7 heteroatoms. The predicted molar refractivity (Wildman–Crippen MR) is 62.0 cm³/mol. The fraction of sp³-hybridized carbons (Fsp3) is 0.273. The summed E-state index contributed by atoms with van der Waals surface area (Å²) < 4.78 is 6.77. The van der Waals surface area contributed by atoms with E-state index < -0.39 is 12.1 Å². The zero-order valence-electron chi connectivity index (χ0n) is 9.94. The second kappa shape index (κ2) is 4.82. The summed E-state index contributed by atoms with van der Waals surface area (Å²) in [7, 11) is 1.74. The Bertz CT molecular complexity index is 550. The zero-order valence-corrected chi connectivity index (χ0v) is 9.94. The number of carbonyl (C=O) groups is 1. The minimum Gasteiger partial charge on any atom is -0.479 e. The maximum Gasteiger partial charge on any atom is 0.344 e. The molecule has 1 aromatic heterocycles. The van der Waals surface area contributed by atoms with Gasteiger partial charge >= 0.3 is 5.97 Å². The number of carboxylic acids is 1. The Morgan fingerprint density at radius 3 is 2.56 bits per heavy atom. The average Bonchev–Trinajstić information content (AvgIpc) is 2.76. The number of nitrogens with zero attached hydrogens (tertiary/aromatic N) is 4. The van der Waals surface area contributed by atoms with Gasteiger partial charge in [0.25, 0.3) is 0 Å². The molecule has 0 amide bonds. The highest BCUT2D eigenvalue weighted by Crippen LogP contribution is 2.20. The number of hydrogen-bond donors (Lipinski definition) is 1. The molecule has 0 saturated carbocycles. The maximum atomic E-state index is 10.6. The lowest BCUT2D eigenvalue weighted by Crippen LogP contribution is -2.22. The van der Waals surface area contributed by atoms with Crippen LogP contribution in [0.15, 0.2) is 24.3 Å². The van der Waals surface area contributed by atoms with Gasteiger partial charge < -0.3 is 9.84 Å². The molecular formula is C11H12N4O3. The van der Waals surface area contributed by atoms with Gasteiger partial charge in [-0.1, -0.05) is 0 Å². The minimum absolute atomic E-state index is 0.490. The van der Waals surface area contributed by atoms with Crippen LogP contribution in [0.3, 0.4) is 0 Å². The van der Waals surface area contributed by atoms with Crippen molar-refractivity contribution in [2.45, 2.75) is 13.0 Å². The molecule has 0 bridgehead atoms. The van der Waals surface area contributed by atoms with E-state index in [1.54, 1.807) is 36.0 Å². The van der Waals surface area contributed by atoms with Gasteiger partial charge in [0.05, 0.1) is 0 Å². The third-order valence-electron chi connectivity index (χ3n) is 2.39. The van der Waals surface area contributed by atoms with Crippen molar-refractivity contribution < 1.29 is 14.6 Å². The summed E-state index contributed by atoms with van der Waals surface area (Å²) in [4.78, 5) is 10.6. The molecule has 0 spiro atoms. The van der Waals surface area contributed by atoms with Crippen LogP contribution in [0.1, 0.15) is 6.92 Å². The second-order valence-corrected chi connectivity index (χ2v) is 3.75. The first-order valence-corrected chi connectivity index (χ1v) is 5.30. The van der Waals surface area contributed by atoms with E-state index in [0.717, 1.165) is 5.56 Å². The van der Waals surface area contributed by atoms with Crippen molar-refractivity contribution in [1.82, 2.24) is 20.2 Å². The van der Waals surface area contributed by atoms with Crippen LogP contribution in [0.25, 0.3) is 11.4 Å². The molecule has 1 unspecified atom stereocenters. The average molecular weight is 248 g/mol. The van der Waals surface area contributed by atoms with Gasteiger partial charge in [-0.25, -0.2) is 9.48 Å². The minimum atomic E-state index is -1.00. The van der Waals surface area contributed by atoms with Gasteiger partial charge in [0, 0.05) is 12.6 Å². The Morgan fingerprint density at radius 1 is 1.39 bits per heavy atom. The van der Waals surface area contributed by atoms with Crippen LogP contribution in [0.4, 0.5) is 0 Å². The van der Waals surface area contributed by atoms with E-state index in [4.69, 9.17) is 9.84 Å². The molecule has 7 nitrogen and oxygen atoms in total. The van der Waals surface area contributed by atoms with Crippen molar-refractivity contribution in [2.75, 3.05) is 0 Å². The Balaban J connectivity index is 2.16. The van der Waals surface area contributed by atoms with Crippen molar-refractivity contribution in [3.63, 3.8) is 0 Å². The summed E-state index contributed by atoms with van der Waals surface area (Å²) >= 11 is 0. The summed E-state index contributed by atoms with van der Waals surface area (Å²) in [5.74, 6) is 0.119. The molecule has 1 heterocycles. The number of benzene rings is 1. The first-order valence-electron chi connectivity index (χ1n) is 5.30. The van der Waals surface area contributed by atoms with Crippen molar-refractivity contribution >= 4 is 5.97 Å². The largest absolute Gasteiger partial charge is 0.479 e. The Labute approximate surface area is 103 Å². The molecule has 1 atom stereocenters. The SMILES string of the molecule is CC(Oc1ccc(-c2nnnn2C)cc1)C(=O)O. The number of aromatic nitrogens is 4. The first-order chi connectivity index (χ1) is 8.58. The van der Waals surface area contributed by atoms with Gasteiger partial charge in [-0.15, -0.1) is 5.10 Å². The molecule has 0 saturated heterocycles. The topological polar surface area (TPSA) is 90.1 Å². The van der Waals surface area contributed by atoms with E-state index in [2.05, 4.69) is 15.5 Å². The molecule has 0 aliphatic heterocycles. The Hall–Kier alpha value is -2.44. The normalized spacial score (nSPS) is 12.1. The molecule has 0 fully saturated rings. The quantitative estimate of drug-likeness (QED) is 0.857. The van der Waals surface area contributed by atoms with Crippen LogP contribution in [-0.4, -0.2) is 37.4 Å². The monoisotopic (exact) mass is 248 g/mol. The molecule has 2 aromatic rings. The Morgan fingerprint density at radius 2 is 2.06 bits per heavy atom. The number of hydrogen-bond acceptors (Lipinski definition) is 5. The van der Waals surface area contributed by atoms with E-state index in [1.165, 1.54) is 6.92 Å². The summed E-state index contributed by atoms with van der Waals surface area (Å²) in [6, 6.07) is 6.91. The fourth-order valence-electron chi connectivity index (χ4n) is 1.41. The highest BCUT2D eigenvalue weighted by Gasteiger charge is 2.12. The van der Waals surface area contributed by atoms with Gasteiger partial charge in [-0.2, -0.15) is 0 Å². The van der Waals surface area contributed by atoms with Gasteiger partial charge in [-0.05, 0) is 41.6 Å². The van der Waals surface area contributed by atoms with Gasteiger partial charge in [0.2, 0.25) is 0 Å². The summed E-state index contributed by atoms with van der Waals surface area (Å²) in [5, 5.41) is 19.9. The van der Waals surface area contributed by atoms with Crippen molar-refractivity contribution in [2.24, 2.45) is 7.05 Å². The van der Waals surface area contributed by atoms with Crippen LogP contribution in [0.5, 0.6) is 5.75 Å². The molecule has 94 valence electrons. The lowest BCUT2D eigenvalue weighted by Gasteiger charge is -2.10. The molecule has 0 aliphatic carbocycles. The molecule has 0 radical (unpaired) electrons. The number of aliphatic carboxylic acids is 1. The van der Waals surface area contributed by atoms with E-state index in [9.17, 15) is 4.79 Å². The smallest absolute Gasteiger partial charge is 0.344 e. The van der Waals surface area contributed by atoms with Gasteiger partial charge in [0.1, 0.15) is 5.75 Å². The third-order valence-corrected chi connectivity index (χ3v) is 2.39. The van der Waals surface area contributed by atoms with Gasteiger partial charge in [0.15, 0.2) is 11.9 Å². The highest BCUT2D eigenvalue weighted by molar-refractivity contribution is 5.72. The number of ether oxygens (including phenoxy) is 1. The van der Waals surface area contributed by atoms with Crippen molar-refractivity contribution in [1.29, 1.82) is 0 Å². The second-order valence-electron chi connectivity index (χ2n) is 3.75.